The molecular weight excluding hydrogens is 192 g/mol. The molecule has 1 unspecified atom stereocenters. The summed E-state index contributed by atoms with van der Waals surface area (Å²) in [6.07, 6.45) is 2.60. The van der Waals surface area contributed by atoms with Crippen LogP contribution >= 0.6 is 0 Å². The van der Waals surface area contributed by atoms with E-state index in [2.05, 4.69) is 9.97 Å². The summed E-state index contributed by atoms with van der Waals surface area (Å²) in [7, 11) is -1.44. The molecule has 0 saturated carbocycles. The normalized spacial score (nSPS) is 19.4. The van der Waals surface area contributed by atoms with E-state index >= 15 is 0 Å². The lowest BCUT2D eigenvalue weighted by molar-refractivity contribution is -0.130. The smallest absolute Gasteiger partial charge is 0.337 e. The zero-order valence-electron chi connectivity index (χ0n) is 6.30. The number of carboxylic acid groups (broad SMARTS) is 1. The Labute approximate surface area is 75.6 Å². The van der Waals surface area contributed by atoms with E-state index in [1.165, 1.54) is 17.9 Å². The Morgan fingerprint density at radius 2 is 2.31 bits per heavy atom. The first-order chi connectivity index (χ1) is 6.20. The third-order valence-electron chi connectivity index (χ3n) is 1.61. The molecular formula is C7H4N2O3S. The molecule has 5 nitrogen and oxygen atoms in total. The fraction of sp³-hybridized carbons (Fsp3) is 0. The first-order valence-corrected chi connectivity index (χ1v) is 4.57. The van der Waals surface area contributed by atoms with Crippen LogP contribution in [0.1, 0.15) is 5.56 Å². The first-order valence-electron chi connectivity index (χ1n) is 3.36. The molecule has 0 aromatic carbocycles. The topological polar surface area (TPSA) is 80.1 Å². The van der Waals surface area contributed by atoms with Crippen molar-refractivity contribution in [3.8, 4) is 0 Å². The van der Waals surface area contributed by atoms with Crippen molar-refractivity contribution < 1.29 is 14.1 Å². The van der Waals surface area contributed by atoms with Gasteiger partial charge in [0.1, 0.15) is 11.4 Å². The average molecular weight is 196 g/mol. The molecule has 0 saturated heterocycles. The second-order valence-electron chi connectivity index (χ2n) is 2.38. The lowest BCUT2D eigenvalue weighted by Crippen LogP contribution is -1.98. The van der Waals surface area contributed by atoms with E-state index in [0.717, 1.165) is 0 Å². The van der Waals surface area contributed by atoms with Gasteiger partial charge in [0.05, 0.1) is 16.4 Å². The number of fused-ring (bicyclic) bond motifs is 1. The highest BCUT2D eigenvalue weighted by Crippen LogP contribution is 2.27. The molecule has 0 amide bonds. The Morgan fingerprint density at radius 3 is 3.00 bits per heavy atom. The van der Waals surface area contributed by atoms with E-state index in [-0.39, 0.29) is 10.6 Å². The summed E-state index contributed by atoms with van der Waals surface area (Å²) in [4.78, 5) is 18.1. The van der Waals surface area contributed by atoms with Gasteiger partial charge in [0, 0.05) is 17.2 Å². The van der Waals surface area contributed by atoms with Crippen LogP contribution in [0.5, 0.6) is 0 Å². The minimum atomic E-state index is -1.44. The Morgan fingerprint density at radius 1 is 1.54 bits per heavy atom. The standard InChI is InChI=1S/C7H4N2O3S/c10-7(11)5-2-13(12)6-4(5)1-8-3-9-6/h1-3H,(H,10,11). The van der Waals surface area contributed by atoms with Gasteiger partial charge in [0.15, 0.2) is 0 Å². The van der Waals surface area contributed by atoms with Crippen LogP contribution in [0.2, 0.25) is 0 Å². The number of carboxylic acids is 1. The van der Waals surface area contributed by atoms with Crippen molar-refractivity contribution in [2.24, 2.45) is 0 Å². The van der Waals surface area contributed by atoms with Gasteiger partial charge in [-0.25, -0.2) is 19.0 Å². The molecule has 1 atom stereocenters. The summed E-state index contributed by atoms with van der Waals surface area (Å²) in [5.41, 5.74) is 0.349. The maximum absolute atomic E-state index is 11.3. The first kappa shape index (κ1) is 8.06. The maximum Gasteiger partial charge on any atom is 0.337 e. The van der Waals surface area contributed by atoms with Crippen LogP contribution in [0.4, 0.5) is 0 Å². The van der Waals surface area contributed by atoms with Crippen LogP contribution < -0.4 is 0 Å². The molecule has 0 fully saturated rings. The van der Waals surface area contributed by atoms with Gasteiger partial charge in [-0.05, 0) is 0 Å². The zero-order valence-corrected chi connectivity index (χ0v) is 7.11. The van der Waals surface area contributed by atoms with Crippen molar-refractivity contribution in [3.05, 3.63) is 23.5 Å². The van der Waals surface area contributed by atoms with Gasteiger partial charge >= 0.3 is 5.97 Å². The van der Waals surface area contributed by atoms with Gasteiger partial charge in [0.2, 0.25) is 0 Å². The number of aromatic nitrogens is 2. The van der Waals surface area contributed by atoms with Gasteiger partial charge < -0.3 is 5.11 Å². The number of carbonyl (C=O) groups is 1. The predicted octanol–water partition coefficient (Wildman–Crippen LogP) is 0.0233. The molecule has 1 aliphatic rings. The quantitative estimate of drug-likeness (QED) is 0.640. The zero-order chi connectivity index (χ0) is 9.42. The third-order valence-corrected chi connectivity index (χ3v) is 2.77. The molecule has 0 radical (unpaired) electrons. The van der Waals surface area contributed by atoms with E-state index in [9.17, 15) is 9.00 Å². The molecule has 1 aliphatic heterocycles. The second kappa shape index (κ2) is 2.74. The Bertz CT molecular complexity index is 441. The molecule has 13 heavy (non-hydrogen) atoms. The van der Waals surface area contributed by atoms with Gasteiger partial charge in [0.25, 0.3) is 0 Å². The summed E-state index contributed by atoms with van der Waals surface area (Å²) in [6, 6.07) is 0. The average Bonchev–Trinajstić information content (AvgIpc) is 2.45. The van der Waals surface area contributed by atoms with Crippen molar-refractivity contribution in [3.63, 3.8) is 0 Å². The number of nitrogens with zero attached hydrogens (tertiary/aromatic N) is 2. The van der Waals surface area contributed by atoms with Crippen molar-refractivity contribution in [1.82, 2.24) is 9.97 Å². The summed E-state index contributed by atoms with van der Waals surface area (Å²) >= 11 is 0. The lowest BCUT2D eigenvalue weighted by atomic mass is 10.2. The minimum Gasteiger partial charge on any atom is -0.478 e. The number of hydrogen-bond acceptors (Lipinski definition) is 4. The molecule has 2 heterocycles. The highest BCUT2D eigenvalue weighted by atomic mass is 32.2. The van der Waals surface area contributed by atoms with Gasteiger partial charge in [-0.1, -0.05) is 0 Å². The van der Waals surface area contributed by atoms with Crippen LogP contribution in [-0.2, 0) is 15.6 Å². The number of rotatable bonds is 1. The van der Waals surface area contributed by atoms with Gasteiger partial charge in [-0.15, -0.1) is 0 Å². The Balaban J connectivity index is 2.64. The van der Waals surface area contributed by atoms with Crippen LogP contribution in [0, 0.1) is 0 Å². The highest BCUT2D eigenvalue weighted by molar-refractivity contribution is 7.88. The van der Waals surface area contributed by atoms with Gasteiger partial charge in [-0.3, -0.25) is 0 Å². The Hall–Kier alpha value is -1.56. The molecule has 1 aromatic rings. The monoisotopic (exact) mass is 196 g/mol. The summed E-state index contributed by atoms with van der Waals surface area (Å²) in [6.45, 7) is 0. The van der Waals surface area contributed by atoms with Crippen LogP contribution in [0.25, 0.3) is 5.57 Å². The highest BCUT2D eigenvalue weighted by Gasteiger charge is 2.25. The van der Waals surface area contributed by atoms with Crippen molar-refractivity contribution >= 4 is 22.3 Å². The molecule has 0 spiro atoms. The SMILES string of the molecule is O=C(O)C1=CS(=O)c2ncncc21. The second-order valence-corrected chi connectivity index (χ2v) is 3.59. The molecule has 2 rings (SSSR count). The fourth-order valence-electron chi connectivity index (χ4n) is 1.06. The maximum atomic E-state index is 11.3. The van der Waals surface area contributed by atoms with Crippen molar-refractivity contribution in [1.29, 1.82) is 0 Å². The minimum absolute atomic E-state index is 0.00827. The van der Waals surface area contributed by atoms with Crippen LogP contribution in [-0.4, -0.2) is 25.3 Å². The predicted molar refractivity (Wildman–Crippen MR) is 44.1 cm³/mol. The van der Waals surface area contributed by atoms with E-state index in [0.29, 0.717) is 5.56 Å². The van der Waals surface area contributed by atoms with Crippen LogP contribution in [0.15, 0.2) is 23.0 Å². The van der Waals surface area contributed by atoms with E-state index in [1.807, 2.05) is 0 Å². The van der Waals surface area contributed by atoms with Crippen molar-refractivity contribution in [2.75, 3.05) is 0 Å². The molecule has 0 aliphatic carbocycles. The molecule has 0 bridgehead atoms. The summed E-state index contributed by atoms with van der Waals surface area (Å²) in [5, 5.41) is 10.2. The van der Waals surface area contributed by atoms with Gasteiger partial charge in [-0.2, -0.15) is 0 Å². The van der Waals surface area contributed by atoms with Crippen LogP contribution in [0.3, 0.4) is 0 Å². The molecule has 1 N–H and O–H groups in total. The fourth-order valence-corrected chi connectivity index (χ4v) is 2.14. The molecule has 6 heteroatoms. The summed E-state index contributed by atoms with van der Waals surface area (Å²) in [5.74, 6) is -1.11. The Kier molecular flexibility index (Phi) is 1.70. The number of hydrogen-bond donors (Lipinski definition) is 1. The molecule has 1 aromatic heterocycles. The lowest BCUT2D eigenvalue weighted by Gasteiger charge is -1.95. The van der Waals surface area contributed by atoms with Crippen molar-refractivity contribution in [2.45, 2.75) is 5.03 Å². The van der Waals surface area contributed by atoms with E-state index in [4.69, 9.17) is 5.11 Å². The summed E-state index contributed by atoms with van der Waals surface area (Å²) < 4.78 is 11.3. The third kappa shape index (κ3) is 1.15. The van der Waals surface area contributed by atoms with E-state index in [1.54, 1.807) is 0 Å². The molecule has 66 valence electrons. The van der Waals surface area contributed by atoms with E-state index < -0.39 is 16.8 Å². The number of aliphatic carboxylic acids is 1. The largest absolute Gasteiger partial charge is 0.478 e.